The van der Waals surface area contributed by atoms with Gasteiger partial charge in [-0.3, -0.25) is 9.89 Å². The first-order valence-electron chi connectivity index (χ1n) is 7.38. The Kier molecular flexibility index (Phi) is 6.53. The molecule has 0 aromatic carbocycles. The minimum Gasteiger partial charge on any atom is -0.462 e. The van der Waals surface area contributed by atoms with E-state index in [-0.39, 0.29) is 34.3 Å². The van der Waals surface area contributed by atoms with Gasteiger partial charge in [-0.05, 0) is 48.9 Å². The topological polar surface area (TPSA) is 110 Å². The van der Waals surface area contributed by atoms with Gasteiger partial charge in [0.2, 0.25) is 0 Å². The van der Waals surface area contributed by atoms with E-state index < -0.39 is 17.8 Å². The summed E-state index contributed by atoms with van der Waals surface area (Å²) in [6, 6.07) is 0. The summed E-state index contributed by atoms with van der Waals surface area (Å²) in [6.07, 6.45) is 1.51. The number of aromatic amines is 1. The molecule has 2 aromatic heterocycles. The molecule has 0 spiro atoms. The summed E-state index contributed by atoms with van der Waals surface area (Å²) in [5.74, 6) is -1.63. The Morgan fingerprint density at radius 2 is 1.88 bits per heavy atom. The van der Waals surface area contributed by atoms with Crippen molar-refractivity contribution < 1.29 is 23.9 Å². The van der Waals surface area contributed by atoms with E-state index >= 15 is 0 Å². The molecule has 8 nitrogen and oxygen atoms in total. The predicted octanol–water partition coefficient (Wildman–Crippen LogP) is 2.99. The largest absolute Gasteiger partial charge is 0.462 e. The second-order valence-electron chi connectivity index (χ2n) is 4.75. The van der Waals surface area contributed by atoms with E-state index in [0.29, 0.717) is 9.13 Å². The van der Waals surface area contributed by atoms with Crippen molar-refractivity contribution in [3.63, 3.8) is 0 Å². The van der Waals surface area contributed by atoms with Crippen LogP contribution in [-0.2, 0) is 9.47 Å². The molecule has 0 radical (unpaired) electrons. The lowest BCUT2D eigenvalue weighted by Gasteiger charge is -2.06. The first kappa shape index (κ1) is 19.4. The molecule has 0 unspecified atom stereocenters. The van der Waals surface area contributed by atoms with Crippen molar-refractivity contribution in [2.24, 2.45) is 0 Å². The maximum absolute atomic E-state index is 12.4. The molecule has 25 heavy (non-hydrogen) atoms. The van der Waals surface area contributed by atoms with Crippen LogP contribution in [0.1, 0.15) is 49.9 Å². The Hall–Kier alpha value is -1.95. The number of nitrogens with zero attached hydrogens (tertiary/aromatic N) is 1. The predicted molar refractivity (Wildman–Crippen MR) is 100 cm³/mol. The molecule has 0 fully saturated rings. The molecule has 0 aliphatic rings. The van der Waals surface area contributed by atoms with Gasteiger partial charge in [-0.15, -0.1) is 11.3 Å². The van der Waals surface area contributed by atoms with Crippen LogP contribution in [0.15, 0.2) is 6.20 Å². The third-order valence-electron chi connectivity index (χ3n) is 3.13. The number of anilines is 1. The van der Waals surface area contributed by atoms with Crippen LogP contribution in [0.25, 0.3) is 0 Å². The average molecular weight is 477 g/mol. The fourth-order valence-electron chi connectivity index (χ4n) is 2.04. The van der Waals surface area contributed by atoms with Crippen LogP contribution in [0.4, 0.5) is 5.00 Å². The van der Waals surface area contributed by atoms with Crippen LogP contribution in [0, 0.1) is 10.5 Å². The normalized spacial score (nSPS) is 10.4. The van der Waals surface area contributed by atoms with Crippen molar-refractivity contribution in [1.82, 2.24) is 10.2 Å². The standard InChI is InChI=1S/C15H16IN3O5S/c1-4-23-14(21)9-7(3)11(15(22)24-5-2)25-13(9)18-12(20)10-8(16)6-17-19-10/h6H,4-5H2,1-3H3,(H,17,19)(H,18,20). The molecule has 0 saturated heterocycles. The van der Waals surface area contributed by atoms with Gasteiger partial charge < -0.3 is 14.8 Å². The van der Waals surface area contributed by atoms with Crippen LogP contribution in [0.3, 0.4) is 0 Å². The van der Waals surface area contributed by atoms with Crippen molar-refractivity contribution in [3.05, 3.63) is 31.5 Å². The van der Waals surface area contributed by atoms with Gasteiger partial charge in [-0.25, -0.2) is 9.59 Å². The van der Waals surface area contributed by atoms with Gasteiger partial charge in [0.1, 0.15) is 15.6 Å². The van der Waals surface area contributed by atoms with Gasteiger partial charge in [-0.1, -0.05) is 0 Å². The molecule has 2 rings (SSSR count). The number of carbonyl (C=O) groups is 3. The molecule has 0 atom stereocenters. The van der Waals surface area contributed by atoms with Crippen molar-refractivity contribution in [2.45, 2.75) is 20.8 Å². The Balaban J connectivity index is 2.42. The number of amides is 1. The van der Waals surface area contributed by atoms with E-state index in [1.54, 1.807) is 20.8 Å². The molecule has 0 bridgehead atoms. The summed E-state index contributed by atoms with van der Waals surface area (Å²) in [5, 5.41) is 9.26. The molecule has 1 amide bonds. The van der Waals surface area contributed by atoms with Gasteiger partial charge in [0.05, 0.1) is 28.5 Å². The molecule has 134 valence electrons. The Bertz CT molecular complexity index is 814. The van der Waals surface area contributed by atoms with Crippen LogP contribution in [0.5, 0.6) is 0 Å². The van der Waals surface area contributed by atoms with Gasteiger partial charge >= 0.3 is 11.9 Å². The van der Waals surface area contributed by atoms with Crippen LogP contribution in [0.2, 0.25) is 0 Å². The Morgan fingerprint density at radius 3 is 2.44 bits per heavy atom. The first-order chi connectivity index (χ1) is 11.9. The number of hydrogen-bond donors (Lipinski definition) is 2. The highest BCUT2D eigenvalue weighted by molar-refractivity contribution is 14.1. The maximum atomic E-state index is 12.4. The summed E-state index contributed by atoms with van der Waals surface area (Å²) in [7, 11) is 0. The molecular formula is C15H16IN3O5S. The summed E-state index contributed by atoms with van der Waals surface area (Å²) in [4.78, 5) is 37.0. The molecule has 10 heteroatoms. The average Bonchev–Trinajstić information content (AvgIpc) is 3.11. The highest BCUT2D eigenvalue weighted by Gasteiger charge is 2.28. The van der Waals surface area contributed by atoms with Crippen LogP contribution < -0.4 is 5.32 Å². The van der Waals surface area contributed by atoms with E-state index in [0.717, 1.165) is 11.3 Å². The van der Waals surface area contributed by atoms with E-state index in [2.05, 4.69) is 15.5 Å². The monoisotopic (exact) mass is 477 g/mol. The number of esters is 2. The summed E-state index contributed by atoms with van der Waals surface area (Å²) < 4.78 is 10.7. The van der Waals surface area contributed by atoms with Crippen molar-refractivity contribution >= 4 is 56.8 Å². The SMILES string of the molecule is CCOC(=O)c1sc(NC(=O)c2[nH]ncc2I)c(C(=O)OCC)c1C. The molecule has 2 aromatic rings. The fourth-order valence-corrected chi connectivity index (χ4v) is 3.63. The Labute approximate surface area is 161 Å². The van der Waals surface area contributed by atoms with Gasteiger partial charge in [0, 0.05) is 0 Å². The van der Waals surface area contributed by atoms with E-state index in [1.165, 1.54) is 6.20 Å². The number of halogens is 1. The lowest BCUT2D eigenvalue weighted by Crippen LogP contribution is -2.16. The zero-order chi connectivity index (χ0) is 18.6. The molecule has 2 heterocycles. The number of thiophene rings is 1. The maximum Gasteiger partial charge on any atom is 0.348 e. The van der Waals surface area contributed by atoms with Crippen molar-refractivity contribution in [2.75, 3.05) is 18.5 Å². The molecule has 2 N–H and O–H groups in total. The van der Waals surface area contributed by atoms with E-state index in [4.69, 9.17) is 9.47 Å². The third kappa shape index (κ3) is 4.18. The number of aromatic nitrogens is 2. The number of ether oxygens (including phenoxy) is 2. The highest BCUT2D eigenvalue weighted by Crippen LogP contribution is 2.34. The molecule has 0 saturated carbocycles. The molecular weight excluding hydrogens is 461 g/mol. The zero-order valence-electron chi connectivity index (χ0n) is 13.8. The quantitative estimate of drug-likeness (QED) is 0.489. The van der Waals surface area contributed by atoms with Crippen LogP contribution in [-0.4, -0.2) is 41.3 Å². The number of rotatable bonds is 6. The third-order valence-corrected chi connectivity index (χ3v) is 5.14. The first-order valence-corrected chi connectivity index (χ1v) is 9.28. The zero-order valence-corrected chi connectivity index (χ0v) is 16.7. The van der Waals surface area contributed by atoms with Crippen molar-refractivity contribution in [1.29, 1.82) is 0 Å². The minimum atomic E-state index is -0.610. The molecule has 0 aliphatic carbocycles. The van der Waals surface area contributed by atoms with E-state index in [9.17, 15) is 14.4 Å². The lowest BCUT2D eigenvalue weighted by molar-refractivity contribution is 0.0527. The lowest BCUT2D eigenvalue weighted by atomic mass is 10.1. The van der Waals surface area contributed by atoms with Gasteiger partial charge in [0.25, 0.3) is 5.91 Å². The second kappa shape index (κ2) is 8.43. The minimum absolute atomic E-state index is 0.151. The van der Waals surface area contributed by atoms with E-state index in [1.807, 2.05) is 22.6 Å². The number of H-pyrrole nitrogens is 1. The van der Waals surface area contributed by atoms with Crippen molar-refractivity contribution in [3.8, 4) is 0 Å². The number of nitrogens with one attached hydrogen (secondary N) is 2. The summed E-state index contributed by atoms with van der Waals surface area (Å²) in [5.41, 5.74) is 0.827. The van der Waals surface area contributed by atoms with Crippen LogP contribution >= 0.6 is 33.9 Å². The van der Waals surface area contributed by atoms with Gasteiger partial charge in [0.15, 0.2) is 0 Å². The Morgan fingerprint density at radius 1 is 1.24 bits per heavy atom. The number of hydrogen-bond acceptors (Lipinski definition) is 7. The highest BCUT2D eigenvalue weighted by atomic mass is 127. The summed E-state index contributed by atoms with van der Waals surface area (Å²) in [6.45, 7) is 5.37. The second-order valence-corrected chi connectivity index (χ2v) is 6.93. The van der Waals surface area contributed by atoms with Gasteiger partial charge in [-0.2, -0.15) is 5.10 Å². The fraction of sp³-hybridized carbons (Fsp3) is 0.333. The smallest absolute Gasteiger partial charge is 0.348 e. The molecule has 0 aliphatic heterocycles. The number of carbonyl (C=O) groups excluding carboxylic acids is 3. The summed E-state index contributed by atoms with van der Waals surface area (Å²) >= 11 is 2.94.